The van der Waals surface area contributed by atoms with Crippen molar-refractivity contribution in [2.45, 2.75) is 58.0 Å². The molecule has 1 atom stereocenters. The molecule has 0 radical (unpaired) electrons. The highest BCUT2D eigenvalue weighted by Crippen LogP contribution is 2.31. The van der Waals surface area contributed by atoms with E-state index in [0.717, 1.165) is 22.7 Å². The van der Waals surface area contributed by atoms with E-state index in [0.29, 0.717) is 32.7 Å². The third-order valence-corrected chi connectivity index (χ3v) is 9.43. The fourth-order valence-corrected chi connectivity index (χ4v) is 6.33. The first-order chi connectivity index (χ1) is 19.4. The molecule has 7 nitrogen and oxygen atoms in total. The number of anilines is 1. The highest BCUT2D eigenvalue weighted by Gasteiger charge is 2.33. The number of nitrogens with one attached hydrogen (secondary N) is 1. The van der Waals surface area contributed by atoms with Gasteiger partial charge in [0, 0.05) is 33.7 Å². The molecule has 0 aliphatic carbocycles. The van der Waals surface area contributed by atoms with Gasteiger partial charge < -0.3 is 10.2 Å². The SMILES string of the molecule is CCCCNC(=O)[C@@H](C)N(Cc1c(Cl)cccc1Cl)C(=O)CN(c1cc(Cl)ccc1C)S(=O)(=O)c1ccc(C)cc1. The quantitative estimate of drug-likeness (QED) is 0.221. The van der Waals surface area contributed by atoms with Gasteiger partial charge in [0.25, 0.3) is 10.0 Å². The van der Waals surface area contributed by atoms with Gasteiger partial charge in [-0.2, -0.15) is 0 Å². The first kappa shape index (κ1) is 32.7. The van der Waals surface area contributed by atoms with E-state index in [2.05, 4.69) is 5.32 Å². The van der Waals surface area contributed by atoms with Crippen molar-refractivity contribution in [1.82, 2.24) is 10.2 Å². The Morgan fingerprint density at radius 3 is 2.20 bits per heavy atom. The lowest BCUT2D eigenvalue weighted by Gasteiger charge is -2.33. The Hall–Kier alpha value is -2.78. The van der Waals surface area contributed by atoms with E-state index < -0.39 is 28.5 Å². The van der Waals surface area contributed by atoms with Crippen LogP contribution in [0.4, 0.5) is 5.69 Å². The number of rotatable bonds is 12. The number of benzene rings is 3. The van der Waals surface area contributed by atoms with Crippen molar-refractivity contribution < 1.29 is 18.0 Å². The third-order valence-electron chi connectivity index (χ3n) is 6.71. The van der Waals surface area contributed by atoms with Gasteiger partial charge in [-0.05, 0) is 69.2 Å². The number of hydrogen-bond donors (Lipinski definition) is 1. The molecule has 0 aromatic heterocycles. The fraction of sp³-hybridized carbons (Fsp3) is 0.333. The van der Waals surface area contributed by atoms with Gasteiger partial charge in [0.1, 0.15) is 12.6 Å². The number of aryl methyl sites for hydroxylation is 2. The molecule has 0 aliphatic heterocycles. The summed E-state index contributed by atoms with van der Waals surface area (Å²) >= 11 is 19.1. The van der Waals surface area contributed by atoms with Crippen LogP contribution in [-0.2, 0) is 26.2 Å². The molecule has 0 bridgehead atoms. The average molecular weight is 639 g/mol. The molecule has 0 saturated carbocycles. The lowest BCUT2D eigenvalue weighted by Crippen LogP contribution is -2.51. The lowest BCUT2D eigenvalue weighted by molar-refractivity contribution is -0.139. The molecule has 2 amide bonds. The number of amides is 2. The summed E-state index contributed by atoms with van der Waals surface area (Å²) in [6, 6.07) is 15.2. The zero-order chi connectivity index (χ0) is 30.3. The minimum absolute atomic E-state index is 0.0151. The zero-order valence-electron chi connectivity index (χ0n) is 23.5. The summed E-state index contributed by atoms with van der Waals surface area (Å²) in [5.74, 6) is -0.990. The molecule has 3 rings (SSSR count). The summed E-state index contributed by atoms with van der Waals surface area (Å²) in [6.07, 6.45) is 1.66. The molecule has 41 heavy (non-hydrogen) atoms. The second kappa shape index (κ2) is 14.4. The van der Waals surface area contributed by atoms with E-state index in [9.17, 15) is 18.0 Å². The van der Waals surface area contributed by atoms with Crippen LogP contribution in [0.3, 0.4) is 0 Å². The zero-order valence-corrected chi connectivity index (χ0v) is 26.5. The first-order valence-corrected chi connectivity index (χ1v) is 15.8. The molecule has 0 unspecified atom stereocenters. The highest BCUT2D eigenvalue weighted by molar-refractivity contribution is 7.92. The van der Waals surface area contributed by atoms with Crippen LogP contribution in [-0.4, -0.2) is 44.3 Å². The standard InChI is InChI=1S/C30H34Cl3N3O4S/c1-5-6-16-34-30(38)22(4)35(18-25-26(32)8-7-9-27(25)33)29(37)19-36(28-17-23(31)13-12-21(28)3)41(39,40)24-14-10-20(2)11-15-24/h7-15,17,22H,5-6,16,18-19H2,1-4H3,(H,34,38)/t22-/m1/s1. The molecule has 11 heteroatoms. The number of sulfonamides is 1. The van der Waals surface area contributed by atoms with Crippen LogP contribution in [0.1, 0.15) is 43.4 Å². The molecule has 220 valence electrons. The topological polar surface area (TPSA) is 86.8 Å². The summed E-state index contributed by atoms with van der Waals surface area (Å²) in [6.45, 7) is 6.93. The Labute approximate surface area is 257 Å². The van der Waals surface area contributed by atoms with Crippen molar-refractivity contribution in [2.24, 2.45) is 0 Å². The normalized spacial score (nSPS) is 12.1. The molecule has 0 heterocycles. The highest BCUT2D eigenvalue weighted by atomic mass is 35.5. The monoisotopic (exact) mass is 637 g/mol. The largest absolute Gasteiger partial charge is 0.354 e. The summed E-state index contributed by atoms with van der Waals surface area (Å²) < 4.78 is 29.0. The van der Waals surface area contributed by atoms with Crippen molar-refractivity contribution >= 4 is 62.3 Å². The van der Waals surface area contributed by atoms with E-state index in [1.165, 1.54) is 23.1 Å². The number of unbranched alkanes of at least 4 members (excludes halogenated alkanes) is 1. The molecule has 0 fully saturated rings. The van der Waals surface area contributed by atoms with Crippen molar-refractivity contribution in [3.63, 3.8) is 0 Å². The summed E-state index contributed by atoms with van der Waals surface area (Å²) in [4.78, 5) is 28.5. The van der Waals surface area contributed by atoms with Crippen LogP contribution in [0.5, 0.6) is 0 Å². The van der Waals surface area contributed by atoms with Gasteiger partial charge in [0.05, 0.1) is 10.6 Å². The number of nitrogens with zero attached hydrogens (tertiary/aromatic N) is 2. The van der Waals surface area contributed by atoms with Crippen LogP contribution in [0.25, 0.3) is 0 Å². The Bertz CT molecular complexity index is 1480. The maximum absolute atomic E-state index is 14.1. The van der Waals surface area contributed by atoms with Gasteiger partial charge in [-0.1, -0.05) is 78.0 Å². The van der Waals surface area contributed by atoms with E-state index in [1.54, 1.807) is 56.3 Å². The van der Waals surface area contributed by atoms with Crippen LogP contribution < -0.4 is 9.62 Å². The van der Waals surface area contributed by atoms with Crippen LogP contribution in [0.15, 0.2) is 65.6 Å². The first-order valence-electron chi connectivity index (χ1n) is 13.2. The Kier molecular flexibility index (Phi) is 11.5. The molecular formula is C30H34Cl3N3O4S. The van der Waals surface area contributed by atoms with E-state index in [-0.39, 0.29) is 23.0 Å². The Morgan fingerprint density at radius 1 is 0.951 bits per heavy atom. The number of hydrogen-bond acceptors (Lipinski definition) is 4. The third kappa shape index (κ3) is 8.16. The summed E-state index contributed by atoms with van der Waals surface area (Å²) in [5.41, 5.74) is 2.19. The summed E-state index contributed by atoms with van der Waals surface area (Å²) in [5, 5.41) is 3.80. The minimum Gasteiger partial charge on any atom is -0.354 e. The van der Waals surface area contributed by atoms with E-state index in [1.807, 2.05) is 13.8 Å². The smallest absolute Gasteiger partial charge is 0.264 e. The maximum Gasteiger partial charge on any atom is 0.264 e. The second-order valence-electron chi connectivity index (χ2n) is 9.80. The van der Waals surface area contributed by atoms with Crippen molar-refractivity contribution in [1.29, 1.82) is 0 Å². The molecule has 3 aromatic rings. The fourth-order valence-electron chi connectivity index (χ4n) is 4.17. The number of carbonyl (C=O) groups excluding carboxylic acids is 2. The lowest BCUT2D eigenvalue weighted by atomic mass is 10.1. The molecule has 0 spiro atoms. The number of carbonyl (C=O) groups is 2. The summed E-state index contributed by atoms with van der Waals surface area (Å²) in [7, 11) is -4.22. The van der Waals surface area contributed by atoms with Crippen molar-refractivity contribution in [3.05, 3.63) is 92.4 Å². The maximum atomic E-state index is 14.1. The van der Waals surface area contributed by atoms with E-state index >= 15 is 0 Å². The second-order valence-corrected chi connectivity index (χ2v) is 12.9. The number of halogens is 3. The minimum atomic E-state index is -4.22. The van der Waals surface area contributed by atoms with Crippen LogP contribution in [0.2, 0.25) is 15.1 Å². The molecule has 1 N–H and O–H groups in total. The van der Waals surface area contributed by atoms with Gasteiger partial charge in [0.15, 0.2) is 0 Å². The van der Waals surface area contributed by atoms with Gasteiger partial charge in [0.2, 0.25) is 11.8 Å². The molecule has 0 saturated heterocycles. The Morgan fingerprint density at radius 2 is 1.59 bits per heavy atom. The van der Waals surface area contributed by atoms with Crippen molar-refractivity contribution in [3.8, 4) is 0 Å². The molecule has 0 aliphatic rings. The van der Waals surface area contributed by atoms with Gasteiger partial charge >= 0.3 is 0 Å². The van der Waals surface area contributed by atoms with Gasteiger partial charge in [-0.3, -0.25) is 13.9 Å². The molecule has 3 aromatic carbocycles. The van der Waals surface area contributed by atoms with Gasteiger partial charge in [-0.25, -0.2) is 8.42 Å². The Balaban J connectivity index is 2.08. The van der Waals surface area contributed by atoms with Crippen LogP contribution in [0, 0.1) is 13.8 Å². The predicted molar refractivity (Wildman–Crippen MR) is 166 cm³/mol. The average Bonchev–Trinajstić information content (AvgIpc) is 2.93. The van der Waals surface area contributed by atoms with Crippen LogP contribution >= 0.6 is 34.8 Å². The predicted octanol–water partition coefficient (Wildman–Crippen LogP) is 6.79. The molecular weight excluding hydrogens is 605 g/mol. The van der Waals surface area contributed by atoms with Crippen molar-refractivity contribution in [2.75, 3.05) is 17.4 Å². The van der Waals surface area contributed by atoms with E-state index in [4.69, 9.17) is 34.8 Å². The van der Waals surface area contributed by atoms with Gasteiger partial charge in [-0.15, -0.1) is 0 Å².